The molecule has 0 radical (unpaired) electrons. The van der Waals surface area contributed by atoms with Crippen molar-refractivity contribution in [2.75, 3.05) is 19.6 Å². The first kappa shape index (κ1) is 15.3. The molecular formula is C18H32N2O. The molecule has 3 nitrogen and oxygen atoms in total. The van der Waals surface area contributed by atoms with Crippen molar-refractivity contribution in [3.8, 4) is 0 Å². The second kappa shape index (κ2) is 6.28. The van der Waals surface area contributed by atoms with E-state index in [-0.39, 0.29) is 5.41 Å². The summed E-state index contributed by atoms with van der Waals surface area (Å²) in [6, 6.07) is 0.550. The fourth-order valence-corrected chi connectivity index (χ4v) is 4.97. The van der Waals surface area contributed by atoms with Gasteiger partial charge in [0.1, 0.15) is 0 Å². The van der Waals surface area contributed by atoms with Gasteiger partial charge in [0.25, 0.3) is 0 Å². The van der Waals surface area contributed by atoms with Gasteiger partial charge in [-0.1, -0.05) is 33.1 Å². The van der Waals surface area contributed by atoms with E-state index in [0.717, 1.165) is 32.0 Å². The summed E-state index contributed by atoms with van der Waals surface area (Å²) in [5.74, 6) is 1.69. The highest BCUT2D eigenvalue weighted by Gasteiger charge is 2.49. The van der Waals surface area contributed by atoms with Crippen LogP contribution in [-0.2, 0) is 4.79 Å². The molecule has 3 aliphatic rings. The molecule has 3 heteroatoms. The fraction of sp³-hybridized carbons (Fsp3) is 0.944. The molecule has 2 aliphatic heterocycles. The third-order valence-corrected chi connectivity index (χ3v) is 6.47. The minimum atomic E-state index is -0.128. The predicted octanol–water partition coefficient (Wildman–Crippen LogP) is 3.19. The van der Waals surface area contributed by atoms with E-state index in [9.17, 15) is 4.79 Å². The largest absolute Gasteiger partial charge is 0.339 e. The summed E-state index contributed by atoms with van der Waals surface area (Å²) in [5, 5.41) is 3.45. The average molecular weight is 292 g/mol. The van der Waals surface area contributed by atoms with Crippen molar-refractivity contribution in [3.05, 3.63) is 0 Å². The lowest BCUT2D eigenvalue weighted by Crippen LogP contribution is -2.51. The molecule has 0 spiro atoms. The molecule has 21 heavy (non-hydrogen) atoms. The van der Waals surface area contributed by atoms with Gasteiger partial charge in [0.05, 0.1) is 5.41 Å². The second-order valence-electron chi connectivity index (χ2n) is 7.84. The molecule has 1 aliphatic carbocycles. The van der Waals surface area contributed by atoms with Gasteiger partial charge < -0.3 is 10.2 Å². The van der Waals surface area contributed by atoms with Crippen LogP contribution in [0, 0.1) is 17.3 Å². The van der Waals surface area contributed by atoms with E-state index < -0.39 is 0 Å². The summed E-state index contributed by atoms with van der Waals surface area (Å²) in [6.45, 7) is 7.37. The highest BCUT2D eigenvalue weighted by atomic mass is 16.2. The summed E-state index contributed by atoms with van der Waals surface area (Å²) < 4.78 is 0. The predicted molar refractivity (Wildman–Crippen MR) is 86.1 cm³/mol. The molecule has 2 saturated heterocycles. The Kier molecular flexibility index (Phi) is 4.58. The van der Waals surface area contributed by atoms with Crippen molar-refractivity contribution in [1.82, 2.24) is 10.2 Å². The van der Waals surface area contributed by atoms with E-state index in [2.05, 4.69) is 24.1 Å². The molecule has 120 valence electrons. The number of rotatable bonds is 3. The first-order valence-electron chi connectivity index (χ1n) is 9.17. The molecule has 2 atom stereocenters. The molecule has 3 rings (SSSR count). The number of hydrogen-bond acceptors (Lipinski definition) is 2. The number of amides is 1. The third-order valence-electron chi connectivity index (χ3n) is 6.47. The van der Waals surface area contributed by atoms with Crippen molar-refractivity contribution < 1.29 is 4.79 Å². The van der Waals surface area contributed by atoms with Crippen LogP contribution in [0.1, 0.15) is 65.2 Å². The van der Waals surface area contributed by atoms with Crippen LogP contribution >= 0.6 is 0 Å². The molecule has 2 unspecified atom stereocenters. The highest BCUT2D eigenvalue weighted by Crippen LogP contribution is 2.41. The number of carbonyl (C=O) groups is 1. The molecular weight excluding hydrogens is 260 g/mol. The fourth-order valence-electron chi connectivity index (χ4n) is 4.97. The number of nitrogens with zero attached hydrogens (tertiary/aromatic N) is 1. The Morgan fingerprint density at radius 1 is 1.14 bits per heavy atom. The van der Waals surface area contributed by atoms with E-state index in [1.54, 1.807) is 0 Å². The Labute approximate surface area is 129 Å². The van der Waals surface area contributed by atoms with Crippen LogP contribution in [0.25, 0.3) is 0 Å². The molecule has 1 N–H and O–H groups in total. The summed E-state index contributed by atoms with van der Waals surface area (Å²) in [6.07, 6.45) is 10.3. The van der Waals surface area contributed by atoms with Crippen molar-refractivity contribution in [2.45, 2.75) is 71.3 Å². The minimum Gasteiger partial charge on any atom is -0.339 e. The zero-order valence-corrected chi connectivity index (χ0v) is 13.9. The van der Waals surface area contributed by atoms with Gasteiger partial charge in [0, 0.05) is 19.1 Å². The Hall–Kier alpha value is -0.570. The van der Waals surface area contributed by atoms with Gasteiger partial charge in [0.2, 0.25) is 5.91 Å². The van der Waals surface area contributed by atoms with Gasteiger partial charge in [-0.2, -0.15) is 0 Å². The van der Waals surface area contributed by atoms with Crippen LogP contribution in [0.2, 0.25) is 0 Å². The van der Waals surface area contributed by atoms with Crippen molar-refractivity contribution in [1.29, 1.82) is 0 Å². The van der Waals surface area contributed by atoms with Crippen LogP contribution in [0.3, 0.4) is 0 Å². The standard InChI is InChI=1S/C18H32N2O/c1-14(2)18(10-11-19-13-18)17(21)20-12-6-9-16(20)15-7-4-3-5-8-15/h14-16,19H,3-13H2,1-2H3. The van der Waals surface area contributed by atoms with Crippen molar-refractivity contribution in [3.63, 3.8) is 0 Å². The van der Waals surface area contributed by atoms with Gasteiger partial charge in [-0.3, -0.25) is 4.79 Å². The van der Waals surface area contributed by atoms with Gasteiger partial charge in [-0.15, -0.1) is 0 Å². The van der Waals surface area contributed by atoms with E-state index in [1.807, 2.05) is 0 Å². The average Bonchev–Trinajstić information content (AvgIpc) is 3.17. The van der Waals surface area contributed by atoms with E-state index in [1.165, 1.54) is 44.9 Å². The van der Waals surface area contributed by atoms with Crippen LogP contribution < -0.4 is 5.32 Å². The summed E-state index contributed by atoms with van der Waals surface area (Å²) in [7, 11) is 0. The molecule has 0 aromatic rings. The maximum atomic E-state index is 13.4. The molecule has 2 heterocycles. The minimum absolute atomic E-state index is 0.128. The maximum Gasteiger partial charge on any atom is 0.230 e. The van der Waals surface area contributed by atoms with Crippen molar-refractivity contribution >= 4 is 5.91 Å². The SMILES string of the molecule is CC(C)C1(C(=O)N2CCCC2C2CCCCC2)CCNC1. The smallest absolute Gasteiger partial charge is 0.230 e. The van der Waals surface area contributed by atoms with Crippen LogP contribution in [0.15, 0.2) is 0 Å². The summed E-state index contributed by atoms with van der Waals surface area (Å²) in [4.78, 5) is 15.7. The molecule has 0 bridgehead atoms. The van der Waals surface area contributed by atoms with Crippen molar-refractivity contribution in [2.24, 2.45) is 17.3 Å². The Morgan fingerprint density at radius 2 is 1.90 bits per heavy atom. The number of likely N-dealkylation sites (tertiary alicyclic amines) is 1. The highest BCUT2D eigenvalue weighted by molar-refractivity contribution is 5.84. The molecule has 1 saturated carbocycles. The molecule has 1 amide bonds. The van der Waals surface area contributed by atoms with Gasteiger partial charge in [0.15, 0.2) is 0 Å². The Balaban J connectivity index is 1.75. The topological polar surface area (TPSA) is 32.3 Å². The molecule has 3 fully saturated rings. The normalized spacial score (nSPS) is 34.8. The lowest BCUT2D eigenvalue weighted by Gasteiger charge is -2.40. The zero-order chi connectivity index (χ0) is 14.9. The molecule has 0 aromatic heterocycles. The molecule has 0 aromatic carbocycles. The Morgan fingerprint density at radius 3 is 2.52 bits per heavy atom. The summed E-state index contributed by atoms with van der Waals surface area (Å²) in [5.41, 5.74) is -0.128. The maximum absolute atomic E-state index is 13.4. The van der Waals surface area contributed by atoms with E-state index >= 15 is 0 Å². The van der Waals surface area contributed by atoms with Gasteiger partial charge in [-0.05, 0) is 50.5 Å². The van der Waals surface area contributed by atoms with Crippen LogP contribution in [-0.4, -0.2) is 36.5 Å². The lowest BCUT2D eigenvalue weighted by molar-refractivity contribution is -0.145. The number of hydrogen-bond donors (Lipinski definition) is 1. The zero-order valence-electron chi connectivity index (χ0n) is 13.9. The monoisotopic (exact) mass is 292 g/mol. The van der Waals surface area contributed by atoms with Crippen LogP contribution in [0.5, 0.6) is 0 Å². The first-order chi connectivity index (χ1) is 10.1. The Bertz CT molecular complexity index is 367. The third kappa shape index (κ3) is 2.74. The van der Waals surface area contributed by atoms with Gasteiger partial charge in [-0.25, -0.2) is 0 Å². The first-order valence-corrected chi connectivity index (χ1v) is 9.17. The van der Waals surface area contributed by atoms with E-state index in [0.29, 0.717) is 17.9 Å². The van der Waals surface area contributed by atoms with E-state index in [4.69, 9.17) is 0 Å². The lowest BCUT2D eigenvalue weighted by atomic mass is 9.74. The number of nitrogens with one attached hydrogen (secondary N) is 1. The quantitative estimate of drug-likeness (QED) is 0.866. The van der Waals surface area contributed by atoms with Gasteiger partial charge >= 0.3 is 0 Å². The second-order valence-corrected chi connectivity index (χ2v) is 7.84. The van der Waals surface area contributed by atoms with Crippen LogP contribution in [0.4, 0.5) is 0 Å². The number of carbonyl (C=O) groups excluding carboxylic acids is 1. The summed E-state index contributed by atoms with van der Waals surface area (Å²) >= 11 is 0.